The van der Waals surface area contributed by atoms with Crippen molar-refractivity contribution >= 4 is 17.7 Å². The van der Waals surface area contributed by atoms with Crippen LogP contribution in [0.1, 0.15) is 72.1 Å². The summed E-state index contributed by atoms with van der Waals surface area (Å²) in [5, 5.41) is 0. The summed E-state index contributed by atoms with van der Waals surface area (Å²) in [4.78, 5) is 12.1. The molecule has 2 atom stereocenters. The first-order chi connectivity index (χ1) is 12.2. The van der Waals surface area contributed by atoms with E-state index in [9.17, 15) is 4.79 Å². The number of carbonyl (C=O) groups is 1. The molecule has 0 spiro atoms. The molecule has 2 nitrogen and oxygen atoms in total. The topological polar surface area (TPSA) is 26.3 Å². The van der Waals surface area contributed by atoms with Crippen LogP contribution in [0.5, 0.6) is 5.75 Å². The Hall–Kier alpha value is -0.960. The minimum Gasteiger partial charge on any atom is -0.426 e. The Morgan fingerprint density at radius 2 is 1.68 bits per heavy atom. The number of rotatable bonds is 14. The lowest BCUT2D eigenvalue weighted by molar-refractivity contribution is -0.137. The van der Waals surface area contributed by atoms with Gasteiger partial charge in [-0.1, -0.05) is 83.9 Å². The van der Waals surface area contributed by atoms with Crippen molar-refractivity contribution in [2.45, 2.75) is 72.1 Å². The molecule has 0 radical (unpaired) electrons. The molecule has 0 amide bonds. The Morgan fingerprint density at radius 1 is 1.00 bits per heavy atom. The van der Waals surface area contributed by atoms with Gasteiger partial charge in [0, 0.05) is 5.75 Å². The minimum absolute atomic E-state index is 0.0561. The zero-order valence-corrected chi connectivity index (χ0v) is 17.2. The summed E-state index contributed by atoms with van der Waals surface area (Å²) in [5.41, 5.74) is 0. The van der Waals surface area contributed by atoms with Gasteiger partial charge >= 0.3 is 5.97 Å². The smallest absolute Gasteiger partial charge is 0.314 e. The lowest BCUT2D eigenvalue weighted by atomic mass is 9.93. The van der Waals surface area contributed by atoms with E-state index in [0.717, 1.165) is 17.4 Å². The highest BCUT2D eigenvalue weighted by Crippen LogP contribution is 2.23. The molecule has 0 aliphatic carbocycles. The molecule has 3 heteroatoms. The van der Waals surface area contributed by atoms with Crippen molar-refractivity contribution in [2.24, 2.45) is 11.8 Å². The molecule has 0 saturated carbocycles. The summed E-state index contributed by atoms with van der Waals surface area (Å²) in [5.74, 6) is 3.33. The van der Waals surface area contributed by atoms with E-state index in [-0.39, 0.29) is 11.9 Å². The average Bonchev–Trinajstić information content (AvgIpc) is 2.63. The summed E-state index contributed by atoms with van der Waals surface area (Å²) in [6.45, 7) is 6.51. The highest BCUT2D eigenvalue weighted by molar-refractivity contribution is 7.99. The van der Waals surface area contributed by atoms with Crippen molar-refractivity contribution in [1.29, 1.82) is 0 Å². The number of benzene rings is 1. The quantitative estimate of drug-likeness (QED) is 0.208. The number of carbonyl (C=O) groups excluding carboxylic acids is 1. The lowest BCUT2D eigenvalue weighted by Crippen LogP contribution is -2.20. The van der Waals surface area contributed by atoms with E-state index in [0.29, 0.717) is 5.75 Å². The number of thioether (sulfide) groups is 1. The zero-order chi connectivity index (χ0) is 18.3. The summed E-state index contributed by atoms with van der Waals surface area (Å²) < 4.78 is 5.42. The highest BCUT2D eigenvalue weighted by atomic mass is 32.2. The Balaban J connectivity index is 2.22. The fourth-order valence-electron chi connectivity index (χ4n) is 2.89. The molecule has 0 N–H and O–H groups in total. The van der Waals surface area contributed by atoms with Gasteiger partial charge in [-0.25, -0.2) is 0 Å². The first kappa shape index (κ1) is 22.1. The molecule has 0 fully saturated rings. The fourth-order valence-corrected chi connectivity index (χ4v) is 4.05. The van der Waals surface area contributed by atoms with Crippen molar-refractivity contribution in [1.82, 2.24) is 0 Å². The van der Waals surface area contributed by atoms with Crippen LogP contribution in [-0.4, -0.2) is 17.5 Å². The van der Waals surface area contributed by atoms with E-state index in [4.69, 9.17) is 4.74 Å². The zero-order valence-electron chi connectivity index (χ0n) is 16.3. The molecule has 2 unspecified atom stereocenters. The van der Waals surface area contributed by atoms with Crippen molar-refractivity contribution in [3.05, 3.63) is 30.3 Å². The number of unbranched alkanes of at least 4 members (excludes halogenated alkanes) is 3. The molecular weight excluding hydrogens is 328 g/mol. The van der Waals surface area contributed by atoms with Crippen LogP contribution in [0.4, 0.5) is 0 Å². The van der Waals surface area contributed by atoms with Crippen LogP contribution in [0, 0.1) is 11.8 Å². The van der Waals surface area contributed by atoms with Gasteiger partial charge in [0.2, 0.25) is 0 Å². The third-order valence-electron chi connectivity index (χ3n) is 4.58. The summed E-state index contributed by atoms with van der Waals surface area (Å²) in [6.07, 6.45) is 10.7. The highest BCUT2D eigenvalue weighted by Gasteiger charge is 2.16. The first-order valence-corrected chi connectivity index (χ1v) is 11.2. The minimum atomic E-state index is -0.121. The summed E-state index contributed by atoms with van der Waals surface area (Å²) >= 11 is 1.90. The van der Waals surface area contributed by atoms with Gasteiger partial charge in [-0.05, 0) is 30.2 Å². The second-order valence-electron chi connectivity index (χ2n) is 7.00. The van der Waals surface area contributed by atoms with Gasteiger partial charge in [0.1, 0.15) is 5.75 Å². The molecule has 1 aromatic carbocycles. The number of esters is 1. The first-order valence-electron chi connectivity index (χ1n) is 10.0. The molecule has 0 aliphatic heterocycles. The van der Waals surface area contributed by atoms with Crippen molar-refractivity contribution in [2.75, 3.05) is 11.5 Å². The molecule has 142 valence electrons. The Labute approximate surface area is 159 Å². The lowest BCUT2D eigenvalue weighted by Gasteiger charge is -2.17. The molecule has 0 aromatic heterocycles. The van der Waals surface area contributed by atoms with Crippen molar-refractivity contribution in [3.63, 3.8) is 0 Å². The molecule has 25 heavy (non-hydrogen) atoms. The van der Waals surface area contributed by atoms with Gasteiger partial charge in [-0.3, -0.25) is 4.79 Å². The Morgan fingerprint density at radius 3 is 2.36 bits per heavy atom. The molecule has 0 saturated heterocycles. The Kier molecular flexibility index (Phi) is 12.6. The second-order valence-corrected chi connectivity index (χ2v) is 8.15. The van der Waals surface area contributed by atoms with Gasteiger partial charge in [0.25, 0.3) is 0 Å². The maximum atomic E-state index is 12.1. The predicted octanol–water partition coefficient (Wildman–Crippen LogP) is 6.74. The van der Waals surface area contributed by atoms with E-state index >= 15 is 0 Å². The van der Waals surface area contributed by atoms with E-state index in [1.807, 2.05) is 49.0 Å². The molecule has 0 heterocycles. The third-order valence-corrected chi connectivity index (χ3v) is 5.84. The number of ether oxygens (including phenoxy) is 1. The average molecular weight is 365 g/mol. The van der Waals surface area contributed by atoms with E-state index < -0.39 is 0 Å². The van der Waals surface area contributed by atoms with Crippen LogP contribution in [-0.2, 0) is 4.79 Å². The van der Waals surface area contributed by atoms with Crippen LogP contribution in [0.3, 0.4) is 0 Å². The SMILES string of the molecule is CCCCCC(CCCC)CCSCC(C)C(=O)Oc1ccccc1. The van der Waals surface area contributed by atoms with Crippen molar-refractivity contribution < 1.29 is 9.53 Å². The maximum Gasteiger partial charge on any atom is 0.314 e. The van der Waals surface area contributed by atoms with E-state index in [2.05, 4.69) is 13.8 Å². The number of para-hydroxylation sites is 1. The van der Waals surface area contributed by atoms with Gasteiger partial charge in [0.05, 0.1) is 5.92 Å². The molecule has 0 aliphatic rings. The molecule has 0 bridgehead atoms. The van der Waals surface area contributed by atoms with Gasteiger partial charge in [-0.2, -0.15) is 11.8 Å². The van der Waals surface area contributed by atoms with Gasteiger partial charge in [0.15, 0.2) is 0 Å². The molecular formula is C22H36O2S. The summed E-state index contributed by atoms with van der Waals surface area (Å²) in [6, 6.07) is 9.35. The summed E-state index contributed by atoms with van der Waals surface area (Å²) in [7, 11) is 0. The second kappa shape index (κ2) is 14.2. The Bertz CT molecular complexity index is 447. The third kappa shape index (κ3) is 10.6. The van der Waals surface area contributed by atoms with Crippen LogP contribution < -0.4 is 4.74 Å². The van der Waals surface area contributed by atoms with Crippen LogP contribution >= 0.6 is 11.8 Å². The van der Waals surface area contributed by atoms with Crippen LogP contribution in [0.15, 0.2) is 30.3 Å². The van der Waals surface area contributed by atoms with Crippen molar-refractivity contribution in [3.8, 4) is 5.75 Å². The van der Waals surface area contributed by atoms with Crippen LogP contribution in [0.2, 0.25) is 0 Å². The van der Waals surface area contributed by atoms with Gasteiger partial charge in [-0.15, -0.1) is 0 Å². The van der Waals surface area contributed by atoms with E-state index in [1.54, 1.807) is 0 Å². The maximum absolute atomic E-state index is 12.1. The fraction of sp³-hybridized carbons (Fsp3) is 0.682. The molecule has 1 aromatic rings. The molecule has 1 rings (SSSR count). The predicted molar refractivity (Wildman–Crippen MR) is 110 cm³/mol. The monoisotopic (exact) mass is 364 g/mol. The standard InChI is InChI=1S/C22H36O2S/c1-4-6-9-13-20(12-7-5-2)16-17-25-18-19(3)22(23)24-21-14-10-8-11-15-21/h8,10-11,14-15,19-20H,4-7,9,12-13,16-18H2,1-3H3. The van der Waals surface area contributed by atoms with Gasteiger partial charge < -0.3 is 4.74 Å². The largest absolute Gasteiger partial charge is 0.426 e. The van der Waals surface area contributed by atoms with Crippen LogP contribution in [0.25, 0.3) is 0 Å². The van der Waals surface area contributed by atoms with E-state index in [1.165, 1.54) is 51.4 Å². The normalized spacial score (nSPS) is 13.4. The number of hydrogen-bond acceptors (Lipinski definition) is 3. The number of hydrogen-bond donors (Lipinski definition) is 0.